The Hall–Kier alpha value is -1.84. The third-order valence-electron chi connectivity index (χ3n) is 3.98. The molecule has 120 valence electrons. The summed E-state index contributed by atoms with van der Waals surface area (Å²) in [4.78, 5) is 26.6. The molecule has 1 aliphatic rings. The van der Waals surface area contributed by atoms with Crippen molar-refractivity contribution in [3.05, 3.63) is 35.9 Å². The fourth-order valence-electron chi connectivity index (χ4n) is 2.79. The Labute approximate surface area is 132 Å². The topological polar surface area (TPSA) is 49.4 Å². The molecule has 2 unspecified atom stereocenters. The van der Waals surface area contributed by atoms with Crippen molar-refractivity contribution in [3.63, 3.8) is 0 Å². The van der Waals surface area contributed by atoms with Gasteiger partial charge in [0, 0.05) is 30.1 Å². The number of benzene rings is 1. The maximum atomic E-state index is 12.6. The number of piperidine rings is 1. The Balaban J connectivity index is 2.05. The van der Waals surface area contributed by atoms with Gasteiger partial charge >= 0.3 is 0 Å². The lowest BCUT2D eigenvalue weighted by atomic mass is 9.92. The van der Waals surface area contributed by atoms with Crippen LogP contribution < -0.4 is 5.32 Å². The molecule has 22 heavy (non-hydrogen) atoms. The largest absolute Gasteiger partial charge is 0.351 e. The number of amides is 2. The molecule has 1 heterocycles. The number of nitrogens with one attached hydrogen (secondary N) is 1. The summed E-state index contributed by atoms with van der Waals surface area (Å²) < 4.78 is 0. The summed E-state index contributed by atoms with van der Waals surface area (Å²) in [6, 6.07) is 9.36. The van der Waals surface area contributed by atoms with Crippen LogP contribution in [0.25, 0.3) is 0 Å². The number of hydrogen-bond acceptors (Lipinski definition) is 2. The van der Waals surface area contributed by atoms with Crippen molar-refractivity contribution in [1.29, 1.82) is 0 Å². The van der Waals surface area contributed by atoms with E-state index in [0.29, 0.717) is 18.0 Å². The quantitative estimate of drug-likeness (QED) is 0.913. The second-order valence-electron chi connectivity index (χ2n) is 7.34. The molecular formula is C18H26N2O2. The molecule has 0 aliphatic carbocycles. The van der Waals surface area contributed by atoms with Crippen LogP contribution in [0.1, 0.15) is 44.5 Å². The molecule has 2 amide bonds. The number of carbonyl (C=O) groups is 2. The number of rotatable bonds is 2. The molecule has 0 saturated carbocycles. The van der Waals surface area contributed by atoms with E-state index in [1.54, 1.807) is 0 Å². The smallest absolute Gasteiger partial charge is 0.253 e. The zero-order valence-corrected chi connectivity index (χ0v) is 13.9. The van der Waals surface area contributed by atoms with Gasteiger partial charge in [-0.3, -0.25) is 9.59 Å². The van der Waals surface area contributed by atoms with Gasteiger partial charge in [0.25, 0.3) is 5.91 Å². The van der Waals surface area contributed by atoms with Gasteiger partial charge in [-0.25, -0.2) is 0 Å². The van der Waals surface area contributed by atoms with Gasteiger partial charge < -0.3 is 10.2 Å². The minimum absolute atomic E-state index is 0.0307. The molecule has 2 atom stereocenters. The molecule has 1 fully saturated rings. The predicted octanol–water partition coefficient (Wildman–Crippen LogP) is 2.70. The molecule has 0 bridgehead atoms. The molecule has 4 heteroatoms. The van der Waals surface area contributed by atoms with Crippen LogP contribution in [0.5, 0.6) is 0 Å². The highest BCUT2D eigenvalue weighted by atomic mass is 16.2. The SMILES string of the molecule is CC1CC(NC(=O)C(C)(C)C)CN(C(=O)c2ccccc2)C1. The van der Waals surface area contributed by atoms with Crippen molar-refractivity contribution >= 4 is 11.8 Å². The van der Waals surface area contributed by atoms with Crippen molar-refractivity contribution in [3.8, 4) is 0 Å². The highest BCUT2D eigenvalue weighted by molar-refractivity contribution is 5.94. The molecule has 0 spiro atoms. The number of likely N-dealkylation sites (tertiary alicyclic amines) is 1. The van der Waals surface area contributed by atoms with Crippen LogP contribution in [0.2, 0.25) is 0 Å². The average molecular weight is 302 g/mol. The Morgan fingerprint density at radius 1 is 1.14 bits per heavy atom. The van der Waals surface area contributed by atoms with Crippen LogP contribution in [0.15, 0.2) is 30.3 Å². The zero-order chi connectivity index (χ0) is 16.3. The molecular weight excluding hydrogens is 276 g/mol. The van der Waals surface area contributed by atoms with Crippen molar-refractivity contribution in [2.75, 3.05) is 13.1 Å². The van der Waals surface area contributed by atoms with Crippen LogP contribution in [-0.2, 0) is 4.79 Å². The monoisotopic (exact) mass is 302 g/mol. The Morgan fingerprint density at radius 2 is 1.77 bits per heavy atom. The fourth-order valence-corrected chi connectivity index (χ4v) is 2.79. The molecule has 1 N–H and O–H groups in total. The van der Waals surface area contributed by atoms with Crippen molar-refractivity contribution in [2.24, 2.45) is 11.3 Å². The lowest BCUT2D eigenvalue weighted by Crippen LogP contribution is -2.53. The second kappa shape index (κ2) is 6.51. The summed E-state index contributed by atoms with van der Waals surface area (Å²) in [5, 5.41) is 3.09. The first-order valence-corrected chi connectivity index (χ1v) is 7.92. The molecule has 1 aromatic carbocycles. The molecule has 1 saturated heterocycles. The van der Waals surface area contributed by atoms with Gasteiger partial charge in [0.15, 0.2) is 0 Å². The van der Waals surface area contributed by atoms with Crippen molar-refractivity contribution in [2.45, 2.75) is 40.2 Å². The van der Waals surface area contributed by atoms with Gasteiger partial charge in [-0.1, -0.05) is 45.9 Å². The van der Waals surface area contributed by atoms with E-state index in [4.69, 9.17) is 0 Å². The first-order valence-electron chi connectivity index (χ1n) is 7.92. The normalized spacial score (nSPS) is 22.3. The summed E-state index contributed by atoms with van der Waals surface area (Å²) in [6.45, 7) is 9.17. The minimum atomic E-state index is -0.408. The van der Waals surface area contributed by atoms with E-state index >= 15 is 0 Å². The average Bonchev–Trinajstić information content (AvgIpc) is 2.45. The molecule has 0 radical (unpaired) electrons. The third kappa shape index (κ3) is 4.09. The van der Waals surface area contributed by atoms with E-state index in [9.17, 15) is 9.59 Å². The van der Waals surface area contributed by atoms with Crippen molar-refractivity contribution in [1.82, 2.24) is 10.2 Å². The lowest BCUT2D eigenvalue weighted by molar-refractivity contribution is -0.129. The highest BCUT2D eigenvalue weighted by Gasteiger charge is 2.31. The van der Waals surface area contributed by atoms with E-state index in [0.717, 1.165) is 13.0 Å². The lowest BCUT2D eigenvalue weighted by Gasteiger charge is -2.37. The Kier molecular flexibility index (Phi) is 4.89. The summed E-state index contributed by atoms with van der Waals surface area (Å²) in [7, 11) is 0. The summed E-state index contributed by atoms with van der Waals surface area (Å²) in [5.41, 5.74) is 0.298. The maximum Gasteiger partial charge on any atom is 0.253 e. The number of carbonyl (C=O) groups excluding carboxylic acids is 2. The van der Waals surface area contributed by atoms with Crippen LogP contribution in [0.4, 0.5) is 0 Å². The molecule has 1 aromatic rings. The predicted molar refractivity (Wildman–Crippen MR) is 87.5 cm³/mol. The molecule has 1 aliphatic heterocycles. The first-order chi connectivity index (χ1) is 10.3. The zero-order valence-electron chi connectivity index (χ0n) is 13.9. The Bertz CT molecular complexity index is 534. The summed E-state index contributed by atoms with van der Waals surface area (Å²) in [5.74, 6) is 0.465. The third-order valence-corrected chi connectivity index (χ3v) is 3.98. The van der Waals surface area contributed by atoms with Gasteiger partial charge in [0.05, 0.1) is 0 Å². The standard InChI is InChI=1S/C18H26N2O2/c1-13-10-15(19-17(22)18(2,3)4)12-20(11-13)16(21)14-8-6-5-7-9-14/h5-9,13,15H,10-12H2,1-4H3,(H,19,22). The number of nitrogens with zero attached hydrogens (tertiary/aromatic N) is 1. The maximum absolute atomic E-state index is 12.6. The van der Waals surface area contributed by atoms with Gasteiger partial charge in [-0.15, -0.1) is 0 Å². The first kappa shape index (κ1) is 16.5. The van der Waals surface area contributed by atoms with E-state index < -0.39 is 5.41 Å². The molecule has 4 nitrogen and oxygen atoms in total. The van der Waals surface area contributed by atoms with Crippen molar-refractivity contribution < 1.29 is 9.59 Å². The van der Waals surface area contributed by atoms with E-state index in [1.807, 2.05) is 56.0 Å². The minimum Gasteiger partial charge on any atom is -0.351 e. The van der Waals surface area contributed by atoms with Gasteiger partial charge in [-0.05, 0) is 24.5 Å². The van der Waals surface area contributed by atoms with E-state index in [2.05, 4.69) is 12.2 Å². The Morgan fingerprint density at radius 3 is 2.36 bits per heavy atom. The van der Waals surface area contributed by atoms with Gasteiger partial charge in [0.1, 0.15) is 0 Å². The number of hydrogen-bond donors (Lipinski definition) is 1. The van der Waals surface area contributed by atoms with E-state index in [1.165, 1.54) is 0 Å². The second-order valence-corrected chi connectivity index (χ2v) is 7.34. The molecule has 0 aromatic heterocycles. The van der Waals surface area contributed by atoms with Crippen LogP contribution in [-0.4, -0.2) is 35.8 Å². The van der Waals surface area contributed by atoms with E-state index in [-0.39, 0.29) is 17.9 Å². The summed E-state index contributed by atoms with van der Waals surface area (Å²) in [6.07, 6.45) is 0.917. The molecule has 2 rings (SSSR count). The van der Waals surface area contributed by atoms with Gasteiger partial charge in [0.2, 0.25) is 5.91 Å². The van der Waals surface area contributed by atoms with Crippen LogP contribution >= 0.6 is 0 Å². The highest BCUT2D eigenvalue weighted by Crippen LogP contribution is 2.20. The fraction of sp³-hybridized carbons (Fsp3) is 0.556. The van der Waals surface area contributed by atoms with Gasteiger partial charge in [-0.2, -0.15) is 0 Å². The van der Waals surface area contributed by atoms with Crippen LogP contribution in [0, 0.1) is 11.3 Å². The summed E-state index contributed by atoms with van der Waals surface area (Å²) >= 11 is 0. The van der Waals surface area contributed by atoms with Crippen LogP contribution in [0.3, 0.4) is 0 Å².